The van der Waals surface area contributed by atoms with Crippen molar-refractivity contribution < 1.29 is 34.4 Å². The minimum atomic E-state index is -0.973. The van der Waals surface area contributed by atoms with Crippen molar-refractivity contribution in [3.8, 4) is 17.2 Å². The first-order valence-corrected chi connectivity index (χ1v) is 12.6. The zero-order valence-corrected chi connectivity index (χ0v) is 22.7. The lowest BCUT2D eigenvalue weighted by molar-refractivity contribution is -0.140. The molecular weight excluding hydrogens is 518 g/mol. The van der Waals surface area contributed by atoms with E-state index in [0.717, 1.165) is 0 Å². The lowest BCUT2D eigenvalue weighted by Crippen LogP contribution is -2.19. The summed E-state index contributed by atoms with van der Waals surface area (Å²) >= 11 is 0. The number of nitrogens with zero attached hydrogens (tertiary/aromatic N) is 3. The highest BCUT2D eigenvalue weighted by molar-refractivity contribution is 5.98. The molecule has 0 aliphatic carbocycles. The molecule has 0 radical (unpaired) electrons. The van der Waals surface area contributed by atoms with E-state index in [1.54, 1.807) is 45.4 Å². The van der Waals surface area contributed by atoms with Gasteiger partial charge in [0.1, 0.15) is 23.4 Å². The van der Waals surface area contributed by atoms with Crippen LogP contribution in [0.1, 0.15) is 69.2 Å². The number of aromatic nitrogens is 3. The summed E-state index contributed by atoms with van der Waals surface area (Å²) in [6, 6.07) is 6.44. The maximum absolute atomic E-state index is 12.7. The average molecular weight is 548 g/mol. The van der Waals surface area contributed by atoms with Gasteiger partial charge in [0.25, 0.3) is 0 Å². The second-order valence-corrected chi connectivity index (χ2v) is 9.98. The predicted octanol–water partition coefficient (Wildman–Crippen LogP) is 3.21. The molecule has 0 saturated carbocycles. The Balaban J connectivity index is 1.78. The lowest BCUT2D eigenvalue weighted by atomic mass is 9.83. The molecule has 0 amide bonds. The lowest BCUT2D eigenvalue weighted by Gasteiger charge is -2.24. The van der Waals surface area contributed by atoms with E-state index < -0.39 is 35.3 Å². The number of pyridine rings is 1. The fourth-order valence-corrected chi connectivity index (χ4v) is 5.44. The second-order valence-electron chi connectivity index (χ2n) is 9.98. The highest BCUT2D eigenvalue weighted by atomic mass is 16.5. The van der Waals surface area contributed by atoms with Gasteiger partial charge < -0.3 is 24.8 Å². The Kier molecular flexibility index (Phi) is 6.62. The van der Waals surface area contributed by atoms with E-state index in [2.05, 4.69) is 4.98 Å². The summed E-state index contributed by atoms with van der Waals surface area (Å²) in [5.41, 5.74) is 2.83. The Morgan fingerprint density at radius 1 is 1.10 bits per heavy atom. The average Bonchev–Trinajstić information content (AvgIpc) is 3.45. The van der Waals surface area contributed by atoms with Crippen LogP contribution in [-0.4, -0.2) is 48.3 Å². The number of carbonyl (C=O) groups is 2. The number of aryl methyl sites for hydroxylation is 3. The molecule has 3 heterocycles. The monoisotopic (exact) mass is 547 g/mol. The van der Waals surface area contributed by atoms with Gasteiger partial charge in [0.15, 0.2) is 5.78 Å². The maximum atomic E-state index is 12.7. The van der Waals surface area contributed by atoms with E-state index in [9.17, 15) is 29.7 Å². The fourth-order valence-electron chi connectivity index (χ4n) is 5.44. The Morgan fingerprint density at radius 2 is 1.80 bits per heavy atom. The number of hydrogen-bond acceptors (Lipinski definition) is 9. The van der Waals surface area contributed by atoms with Crippen molar-refractivity contribution in [2.45, 2.75) is 38.9 Å². The van der Waals surface area contributed by atoms with Gasteiger partial charge in [-0.15, -0.1) is 0 Å². The van der Waals surface area contributed by atoms with Gasteiger partial charge in [-0.25, -0.2) is 4.79 Å². The molecule has 1 aliphatic heterocycles. The van der Waals surface area contributed by atoms with E-state index in [1.807, 2.05) is 0 Å². The van der Waals surface area contributed by atoms with Crippen molar-refractivity contribution in [1.82, 2.24) is 14.1 Å². The van der Waals surface area contributed by atoms with Gasteiger partial charge in [-0.2, -0.15) is 0 Å². The molecule has 11 nitrogen and oxygen atoms in total. The van der Waals surface area contributed by atoms with Gasteiger partial charge in [-0.05, 0) is 37.6 Å². The molecule has 3 N–H and O–H groups in total. The number of phenolic OH excluding ortho intramolecular Hbond substituents is 2. The Labute approximate surface area is 228 Å². The molecule has 0 unspecified atom stereocenters. The number of aromatic hydroxyl groups is 3. The van der Waals surface area contributed by atoms with Crippen LogP contribution in [0, 0.1) is 6.92 Å². The van der Waals surface area contributed by atoms with Crippen LogP contribution in [0.15, 0.2) is 35.3 Å². The highest BCUT2D eigenvalue weighted by Crippen LogP contribution is 2.50. The number of imidazole rings is 1. The number of ketones is 1. The molecule has 0 bridgehead atoms. The highest BCUT2D eigenvalue weighted by Gasteiger charge is 2.36. The molecule has 0 saturated heterocycles. The number of methoxy groups -OCH3 is 1. The van der Waals surface area contributed by atoms with Crippen molar-refractivity contribution in [1.29, 1.82) is 0 Å². The SMILES string of the molecule is COC(=O)C[C@H](c1ccc2c(c1)n(C)c(=O)n2C)c1c(O)c(C(C)=O)cc([C@@H]2OCc3cnc(C)c(O)c32)c1O. The second kappa shape index (κ2) is 9.83. The number of benzene rings is 2. The Morgan fingerprint density at radius 3 is 2.48 bits per heavy atom. The van der Waals surface area contributed by atoms with E-state index in [1.165, 1.54) is 29.2 Å². The molecule has 0 fully saturated rings. The van der Waals surface area contributed by atoms with Gasteiger partial charge in [0.2, 0.25) is 0 Å². The molecule has 40 heavy (non-hydrogen) atoms. The number of esters is 1. The number of fused-ring (bicyclic) bond motifs is 2. The molecule has 11 heteroatoms. The number of phenols is 2. The summed E-state index contributed by atoms with van der Waals surface area (Å²) in [7, 11) is 4.48. The molecule has 208 valence electrons. The molecule has 2 aromatic carbocycles. The molecule has 5 rings (SSSR count). The van der Waals surface area contributed by atoms with E-state index in [-0.39, 0.29) is 41.2 Å². The van der Waals surface area contributed by atoms with Crippen molar-refractivity contribution in [2.24, 2.45) is 14.1 Å². The molecule has 4 aromatic rings. The Hall–Kier alpha value is -4.64. The van der Waals surface area contributed by atoms with Gasteiger partial charge >= 0.3 is 11.7 Å². The topological polar surface area (TPSA) is 153 Å². The molecule has 2 aromatic heterocycles. The zero-order valence-electron chi connectivity index (χ0n) is 22.7. The van der Waals surface area contributed by atoms with Crippen LogP contribution in [0.2, 0.25) is 0 Å². The van der Waals surface area contributed by atoms with Crippen molar-refractivity contribution in [2.75, 3.05) is 7.11 Å². The zero-order chi connectivity index (χ0) is 29.0. The largest absolute Gasteiger partial charge is 0.507 e. The minimum absolute atomic E-state index is 0.0734. The number of hydrogen-bond donors (Lipinski definition) is 3. The summed E-state index contributed by atoms with van der Waals surface area (Å²) in [5, 5.41) is 33.8. The van der Waals surface area contributed by atoms with Crippen LogP contribution in [0.5, 0.6) is 17.2 Å². The molecular formula is C29H29N3O8. The maximum Gasteiger partial charge on any atom is 0.328 e. The summed E-state index contributed by atoms with van der Waals surface area (Å²) in [6.07, 6.45) is 0.320. The summed E-state index contributed by atoms with van der Waals surface area (Å²) in [4.78, 5) is 42.0. The number of ether oxygens (including phenoxy) is 2. The number of rotatable bonds is 6. The van der Waals surface area contributed by atoms with Crippen LogP contribution in [0.4, 0.5) is 0 Å². The first kappa shape index (κ1) is 26.9. The smallest absolute Gasteiger partial charge is 0.328 e. The normalized spacial score (nSPS) is 15.3. The minimum Gasteiger partial charge on any atom is -0.507 e. The predicted molar refractivity (Wildman–Crippen MR) is 144 cm³/mol. The van der Waals surface area contributed by atoms with Crippen molar-refractivity contribution in [3.63, 3.8) is 0 Å². The third-order valence-corrected chi connectivity index (χ3v) is 7.67. The third-order valence-electron chi connectivity index (χ3n) is 7.67. The summed E-state index contributed by atoms with van der Waals surface area (Å²) in [5.74, 6) is -3.06. The third kappa shape index (κ3) is 4.10. The molecule has 0 spiro atoms. The van der Waals surface area contributed by atoms with E-state index in [0.29, 0.717) is 33.4 Å². The number of Topliss-reactive ketones (excluding diaryl/α,β-unsaturated/α-hetero) is 1. The van der Waals surface area contributed by atoms with Crippen LogP contribution in [0.3, 0.4) is 0 Å². The van der Waals surface area contributed by atoms with E-state index >= 15 is 0 Å². The molecule has 1 aliphatic rings. The number of carbonyl (C=O) groups excluding carboxylic acids is 2. The standard InChI is InChI=1S/C29H29N3O8/c1-13-25(35)23-16(11-30-13)12-40-28(23)19-9-17(14(2)33)26(36)24(27(19)37)18(10-22(34)39-5)15-6-7-20-21(8-15)32(4)29(38)31(20)3/h6-9,11,18,28,35-37H,10,12H2,1-5H3/t18-,28+/m1/s1. The van der Waals surface area contributed by atoms with Crippen LogP contribution >= 0.6 is 0 Å². The summed E-state index contributed by atoms with van der Waals surface area (Å²) < 4.78 is 13.8. The van der Waals surface area contributed by atoms with Gasteiger partial charge in [0, 0.05) is 48.5 Å². The first-order valence-electron chi connectivity index (χ1n) is 12.6. The van der Waals surface area contributed by atoms with Crippen molar-refractivity contribution in [3.05, 3.63) is 80.0 Å². The van der Waals surface area contributed by atoms with Crippen molar-refractivity contribution >= 4 is 22.8 Å². The Bertz CT molecular complexity index is 1770. The van der Waals surface area contributed by atoms with Crippen LogP contribution < -0.4 is 5.69 Å². The summed E-state index contributed by atoms with van der Waals surface area (Å²) in [6.45, 7) is 3.01. The van der Waals surface area contributed by atoms with Gasteiger partial charge in [-0.3, -0.25) is 23.7 Å². The van der Waals surface area contributed by atoms with Gasteiger partial charge in [-0.1, -0.05) is 6.07 Å². The van der Waals surface area contributed by atoms with Gasteiger partial charge in [0.05, 0.1) is 42.4 Å². The van der Waals surface area contributed by atoms with E-state index in [4.69, 9.17) is 9.47 Å². The van der Waals surface area contributed by atoms with Crippen LogP contribution in [0.25, 0.3) is 11.0 Å². The fraction of sp³-hybridized carbons (Fsp3) is 0.310. The first-order chi connectivity index (χ1) is 19.0. The quantitative estimate of drug-likeness (QED) is 0.244. The van der Waals surface area contributed by atoms with Crippen LogP contribution in [-0.2, 0) is 35.0 Å². The molecule has 2 atom stereocenters.